The molecule has 0 unspecified atom stereocenters. The van der Waals surface area contributed by atoms with Gasteiger partial charge in [-0.2, -0.15) is 0 Å². The highest BCUT2D eigenvalue weighted by molar-refractivity contribution is 5.92. The standard InChI is InChI=1S/C13H18N2O3/c1-3-15(11-6-4-10(2)5-7-11)13(18)14-9-8-12(16)17/h4-7H,3,8-9H2,1-2H3,(H,14,18)(H,16,17). The minimum absolute atomic E-state index is 0.0722. The number of benzene rings is 1. The summed E-state index contributed by atoms with van der Waals surface area (Å²) in [5.41, 5.74) is 1.93. The molecule has 0 saturated heterocycles. The van der Waals surface area contributed by atoms with E-state index in [0.29, 0.717) is 6.54 Å². The fraction of sp³-hybridized carbons (Fsp3) is 0.385. The van der Waals surface area contributed by atoms with E-state index in [9.17, 15) is 9.59 Å². The van der Waals surface area contributed by atoms with Crippen molar-refractivity contribution in [1.29, 1.82) is 0 Å². The molecule has 1 aromatic carbocycles. The van der Waals surface area contributed by atoms with Crippen LogP contribution in [-0.4, -0.2) is 30.2 Å². The van der Waals surface area contributed by atoms with E-state index in [1.165, 1.54) is 0 Å². The van der Waals surface area contributed by atoms with Gasteiger partial charge in [0.1, 0.15) is 0 Å². The second-order valence-electron chi connectivity index (χ2n) is 3.96. The van der Waals surface area contributed by atoms with Gasteiger partial charge in [-0.05, 0) is 26.0 Å². The number of carbonyl (C=O) groups excluding carboxylic acids is 1. The number of carboxylic acid groups (broad SMARTS) is 1. The number of rotatable bonds is 5. The molecule has 1 aromatic rings. The highest BCUT2D eigenvalue weighted by atomic mass is 16.4. The highest BCUT2D eigenvalue weighted by Crippen LogP contribution is 2.14. The van der Waals surface area contributed by atoms with Gasteiger partial charge < -0.3 is 10.4 Å². The summed E-state index contributed by atoms with van der Waals surface area (Å²) in [5.74, 6) is -0.923. The van der Waals surface area contributed by atoms with Crippen LogP contribution in [0.3, 0.4) is 0 Å². The van der Waals surface area contributed by atoms with Gasteiger partial charge in [0, 0.05) is 18.8 Å². The van der Waals surface area contributed by atoms with Crippen molar-refractivity contribution in [2.24, 2.45) is 0 Å². The number of urea groups is 1. The van der Waals surface area contributed by atoms with Gasteiger partial charge in [-0.1, -0.05) is 17.7 Å². The number of nitrogens with zero attached hydrogens (tertiary/aromatic N) is 1. The van der Waals surface area contributed by atoms with Crippen molar-refractivity contribution in [1.82, 2.24) is 5.32 Å². The number of aliphatic carboxylic acids is 1. The third kappa shape index (κ3) is 4.08. The minimum Gasteiger partial charge on any atom is -0.481 e. The smallest absolute Gasteiger partial charge is 0.321 e. The lowest BCUT2D eigenvalue weighted by Gasteiger charge is -2.21. The molecule has 98 valence electrons. The quantitative estimate of drug-likeness (QED) is 0.839. The number of hydrogen-bond acceptors (Lipinski definition) is 2. The number of hydrogen-bond donors (Lipinski definition) is 2. The first kappa shape index (κ1) is 14.0. The molecule has 2 amide bonds. The Hall–Kier alpha value is -2.04. The van der Waals surface area contributed by atoms with Gasteiger partial charge in [0.05, 0.1) is 6.42 Å². The van der Waals surface area contributed by atoms with Crippen LogP contribution in [0.15, 0.2) is 24.3 Å². The molecule has 1 rings (SSSR count). The number of amides is 2. The fourth-order valence-corrected chi connectivity index (χ4v) is 1.54. The molecule has 0 aliphatic heterocycles. The lowest BCUT2D eigenvalue weighted by Crippen LogP contribution is -2.40. The predicted molar refractivity (Wildman–Crippen MR) is 69.9 cm³/mol. The van der Waals surface area contributed by atoms with Gasteiger partial charge in [0.2, 0.25) is 0 Å². The van der Waals surface area contributed by atoms with Crippen LogP contribution in [0.2, 0.25) is 0 Å². The van der Waals surface area contributed by atoms with Crippen molar-refractivity contribution >= 4 is 17.7 Å². The van der Waals surface area contributed by atoms with Gasteiger partial charge in [0.15, 0.2) is 0 Å². The second kappa shape index (κ2) is 6.64. The number of nitrogens with one attached hydrogen (secondary N) is 1. The maximum absolute atomic E-state index is 11.9. The first-order valence-electron chi connectivity index (χ1n) is 5.88. The summed E-state index contributed by atoms with van der Waals surface area (Å²) in [6.45, 7) is 4.52. The molecular formula is C13H18N2O3. The first-order valence-corrected chi connectivity index (χ1v) is 5.88. The van der Waals surface area contributed by atoms with Crippen LogP contribution in [-0.2, 0) is 4.79 Å². The third-order valence-electron chi connectivity index (χ3n) is 2.52. The average molecular weight is 250 g/mol. The lowest BCUT2D eigenvalue weighted by molar-refractivity contribution is -0.136. The Balaban J connectivity index is 2.62. The van der Waals surface area contributed by atoms with Crippen molar-refractivity contribution in [2.45, 2.75) is 20.3 Å². The average Bonchev–Trinajstić information content (AvgIpc) is 2.32. The zero-order chi connectivity index (χ0) is 13.5. The summed E-state index contributed by atoms with van der Waals surface area (Å²) in [5, 5.41) is 11.1. The highest BCUT2D eigenvalue weighted by Gasteiger charge is 2.13. The van der Waals surface area contributed by atoms with Crippen LogP contribution in [0.1, 0.15) is 18.9 Å². The van der Waals surface area contributed by atoms with Crippen LogP contribution >= 0.6 is 0 Å². The molecule has 0 aliphatic rings. The molecule has 0 atom stereocenters. The van der Waals surface area contributed by atoms with Gasteiger partial charge in [-0.3, -0.25) is 9.69 Å². The van der Waals surface area contributed by atoms with Gasteiger partial charge in [-0.25, -0.2) is 4.79 Å². The van der Waals surface area contributed by atoms with E-state index in [2.05, 4.69) is 5.32 Å². The number of carbonyl (C=O) groups is 2. The second-order valence-corrected chi connectivity index (χ2v) is 3.96. The zero-order valence-corrected chi connectivity index (χ0v) is 10.6. The van der Waals surface area contributed by atoms with Crippen molar-refractivity contribution < 1.29 is 14.7 Å². The van der Waals surface area contributed by atoms with E-state index in [-0.39, 0.29) is 19.0 Å². The number of carboxylic acids is 1. The van der Waals surface area contributed by atoms with E-state index in [4.69, 9.17) is 5.11 Å². The van der Waals surface area contributed by atoms with Crippen molar-refractivity contribution in [2.75, 3.05) is 18.0 Å². The summed E-state index contributed by atoms with van der Waals surface area (Å²) in [7, 11) is 0. The largest absolute Gasteiger partial charge is 0.481 e. The molecule has 0 saturated carbocycles. The SMILES string of the molecule is CCN(C(=O)NCCC(=O)O)c1ccc(C)cc1. The minimum atomic E-state index is -0.923. The van der Waals surface area contributed by atoms with E-state index in [0.717, 1.165) is 11.3 Å². The van der Waals surface area contributed by atoms with Crippen LogP contribution < -0.4 is 10.2 Å². The van der Waals surface area contributed by atoms with Crippen molar-refractivity contribution in [3.63, 3.8) is 0 Å². The van der Waals surface area contributed by atoms with E-state index in [1.807, 2.05) is 38.1 Å². The van der Waals surface area contributed by atoms with Crippen molar-refractivity contribution in [3.8, 4) is 0 Å². The molecule has 0 radical (unpaired) electrons. The van der Waals surface area contributed by atoms with Crippen LogP contribution in [0.4, 0.5) is 10.5 Å². The molecule has 0 aliphatic carbocycles. The Morgan fingerprint density at radius 1 is 1.28 bits per heavy atom. The Kier molecular flexibility index (Phi) is 5.17. The molecule has 0 bridgehead atoms. The molecule has 5 nitrogen and oxygen atoms in total. The summed E-state index contributed by atoms with van der Waals surface area (Å²) in [6, 6.07) is 7.33. The van der Waals surface area contributed by atoms with Crippen LogP contribution in [0.25, 0.3) is 0 Å². The Labute approximate surface area is 106 Å². The number of anilines is 1. The summed E-state index contributed by atoms with van der Waals surface area (Å²) < 4.78 is 0. The third-order valence-corrected chi connectivity index (χ3v) is 2.52. The molecule has 18 heavy (non-hydrogen) atoms. The molecule has 0 heterocycles. The molecule has 2 N–H and O–H groups in total. The van der Waals surface area contributed by atoms with Crippen LogP contribution in [0, 0.1) is 6.92 Å². The predicted octanol–water partition coefficient (Wildman–Crippen LogP) is 2.01. The molecule has 0 fully saturated rings. The molecule has 5 heteroatoms. The maximum atomic E-state index is 11.9. The van der Waals surface area contributed by atoms with Gasteiger partial charge in [-0.15, -0.1) is 0 Å². The molecular weight excluding hydrogens is 232 g/mol. The van der Waals surface area contributed by atoms with Gasteiger partial charge in [0.25, 0.3) is 0 Å². The summed E-state index contributed by atoms with van der Waals surface area (Å²) >= 11 is 0. The topological polar surface area (TPSA) is 69.6 Å². The van der Waals surface area contributed by atoms with E-state index in [1.54, 1.807) is 4.90 Å². The maximum Gasteiger partial charge on any atom is 0.321 e. The lowest BCUT2D eigenvalue weighted by atomic mass is 10.2. The molecule has 0 spiro atoms. The number of aryl methyl sites for hydroxylation is 1. The summed E-state index contributed by atoms with van der Waals surface area (Å²) in [4.78, 5) is 23.8. The van der Waals surface area contributed by atoms with E-state index < -0.39 is 5.97 Å². The normalized spacial score (nSPS) is 9.89. The fourth-order valence-electron chi connectivity index (χ4n) is 1.54. The Morgan fingerprint density at radius 3 is 2.39 bits per heavy atom. The van der Waals surface area contributed by atoms with Gasteiger partial charge >= 0.3 is 12.0 Å². The Morgan fingerprint density at radius 2 is 1.89 bits per heavy atom. The zero-order valence-electron chi connectivity index (χ0n) is 10.6. The van der Waals surface area contributed by atoms with Crippen molar-refractivity contribution in [3.05, 3.63) is 29.8 Å². The Bertz CT molecular complexity index is 415. The first-order chi connectivity index (χ1) is 8.54. The summed E-state index contributed by atoms with van der Waals surface area (Å²) in [6.07, 6.45) is -0.0722. The monoisotopic (exact) mass is 250 g/mol. The van der Waals surface area contributed by atoms with Crippen LogP contribution in [0.5, 0.6) is 0 Å². The van der Waals surface area contributed by atoms with E-state index >= 15 is 0 Å². The molecule has 0 aromatic heterocycles.